The van der Waals surface area contributed by atoms with Crippen LogP contribution in [-0.2, 0) is 0 Å². The number of ether oxygens (including phenoxy) is 2. The molecule has 1 saturated heterocycles. The van der Waals surface area contributed by atoms with Crippen LogP contribution in [0.4, 0.5) is 0 Å². The Kier molecular flexibility index (Phi) is 4.29. The summed E-state index contributed by atoms with van der Waals surface area (Å²) in [4.78, 5) is 2.34. The van der Waals surface area contributed by atoms with E-state index in [0.717, 1.165) is 42.5 Å². The monoisotopic (exact) mass is 302 g/mol. The number of nitrogens with zero attached hydrogens (tertiary/aromatic N) is 4. The van der Waals surface area contributed by atoms with Gasteiger partial charge in [-0.2, -0.15) is 0 Å². The molecular weight excluding hydrogens is 280 g/mol. The van der Waals surface area contributed by atoms with Crippen molar-refractivity contribution in [1.82, 2.24) is 19.7 Å². The highest BCUT2D eigenvalue weighted by Gasteiger charge is 2.25. The predicted molar refractivity (Wildman–Crippen MR) is 83.9 cm³/mol. The summed E-state index contributed by atoms with van der Waals surface area (Å²) in [6.45, 7) is 2.15. The minimum Gasteiger partial charge on any atom is -0.497 e. The van der Waals surface area contributed by atoms with Crippen molar-refractivity contribution in [2.24, 2.45) is 0 Å². The molecule has 0 N–H and O–H groups in total. The Morgan fingerprint density at radius 2 is 2.09 bits per heavy atom. The largest absolute Gasteiger partial charge is 0.497 e. The van der Waals surface area contributed by atoms with Gasteiger partial charge in [0.15, 0.2) is 0 Å². The molecule has 0 aliphatic carbocycles. The van der Waals surface area contributed by atoms with Gasteiger partial charge in [-0.3, -0.25) is 4.57 Å². The Bertz CT molecular complexity index is 641. The molecule has 0 spiro atoms. The molecule has 1 aromatic heterocycles. The van der Waals surface area contributed by atoms with E-state index in [4.69, 9.17) is 9.47 Å². The summed E-state index contributed by atoms with van der Waals surface area (Å²) in [5, 5.41) is 8.50. The lowest BCUT2D eigenvalue weighted by molar-refractivity contribution is 0.244. The normalized spacial score (nSPS) is 19.1. The van der Waals surface area contributed by atoms with Gasteiger partial charge in [0.2, 0.25) is 0 Å². The van der Waals surface area contributed by atoms with E-state index in [9.17, 15) is 0 Å². The Morgan fingerprint density at radius 3 is 2.82 bits per heavy atom. The lowest BCUT2D eigenvalue weighted by Gasteiger charge is -2.29. The average Bonchev–Trinajstić information content (AvgIpc) is 3.03. The molecule has 1 aliphatic rings. The molecule has 2 heterocycles. The van der Waals surface area contributed by atoms with Gasteiger partial charge in [0, 0.05) is 18.5 Å². The second-order valence-corrected chi connectivity index (χ2v) is 5.70. The highest BCUT2D eigenvalue weighted by molar-refractivity contribution is 5.51. The fraction of sp³-hybridized carbons (Fsp3) is 0.500. The second kappa shape index (κ2) is 6.36. The van der Waals surface area contributed by atoms with Gasteiger partial charge in [0.25, 0.3) is 0 Å². The van der Waals surface area contributed by atoms with Gasteiger partial charge in [-0.1, -0.05) is 0 Å². The quantitative estimate of drug-likeness (QED) is 0.865. The van der Waals surface area contributed by atoms with Crippen molar-refractivity contribution in [1.29, 1.82) is 0 Å². The van der Waals surface area contributed by atoms with Crippen molar-refractivity contribution < 1.29 is 9.47 Å². The topological polar surface area (TPSA) is 52.4 Å². The first-order valence-electron chi connectivity index (χ1n) is 7.53. The molecule has 2 aromatic rings. The first-order valence-corrected chi connectivity index (χ1v) is 7.53. The van der Waals surface area contributed by atoms with Gasteiger partial charge in [-0.05, 0) is 38.6 Å². The number of hydrogen-bond donors (Lipinski definition) is 0. The number of methoxy groups -OCH3 is 2. The summed E-state index contributed by atoms with van der Waals surface area (Å²) < 4.78 is 12.8. The number of likely N-dealkylation sites (N-methyl/N-ethyl adjacent to an activating group) is 1. The van der Waals surface area contributed by atoms with Crippen molar-refractivity contribution >= 4 is 0 Å². The smallest absolute Gasteiger partial charge is 0.143 e. The van der Waals surface area contributed by atoms with Gasteiger partial charge < -0.3 is 14.4 Å². The first kappa shape index (κ1) is 14.8. The van der Waals surface area contributed by atoms with E-state index in [1.807, 2.05) is 22.8 Å². The van der Waals surface area contributed by atoms with Gasteiger partial charge in [0.05, 0.1) is 19.9 Å². The molecule has 1 aromatic carbocycles. The Labute approximate surface area is 130 Å². The number of benzene rings is 1. The zero-order valence-electron chi connectivity index (χ0n) is 13.3. The zero-order chi connectivity index (χ0) is 15.5. The second-order valence-electron chi connectivity index (χ2n) is 5.70. The van der Waals surface area contributed by atoms with Gasteiger partial charge in [0.1, 0.15) is 23.7 Å². The summed E-state index contributed by atoms with van der Waals surface area (Å²) in [6.07, 6.45) is 4.07. The molecule has 1 fully saturated rings. The number of aromatic nitrogens is 3. The van der Waals surface area contributed by atoms with Crippen LogP contribution >= 0.6 is 0 Å². The Morgan fingerprint density at radius 1 is 1.23 bits per heavy atom. The van der Waals surface area contributed by atoms with E-state index >= 15 is 0 Å². The summed E-state index contributed by atoms with van der Waals surface area (Å²) >= 11 is 0. The SMILES string of the molecule is COc1ccc(OC)c(-n2cnnc2C2CCCN(C)C2)c1. The van der Waals surface area contributed by atoms with Crippen molar-refractivity contribution in [3.8, 4) is 17.2 Å². The van der Waals surface area contributed by atoms with Gasteiger partial charge >= 0.3 is 0 Å². The third kappa shape index (κ3) is 2.78. The number of likely N-dealkylation sites (tertiary alicyclic amines) is 1. The van der Waals surface area contributed by atoms with Crippen LogP contribution in [0.2, 0.25) is 0 Å². The zero-order valence-corrected chi connectivity index (χ0v) is 13.3. The third-order valence-electron chi connectivity index (χ3n) is 4.21. The lowest BCUT2D eigenvalue weighted by atomic mass is 9.97. The van der Waals surface area contributed by atoms with Crippen LogP contribution in [-0.4, -0.2) is 54.0 Å². The standard InChI is InChI=1S/C16H22N4O2/c1-19-8-4-5-12(10-19)16-18-17-11-20(16)14-9-13(21-2)6-7-15(14)22-3/h6-7,9,11-12H,4-5,8,10H2,1-3H3. The van der Waals surface area contributed by atoms with Gasteiger partial charge in [-0.25, -0.2) is 0 Å². The first-order chi connectivity index (χ1) is 10.7. The molecule has 0 radical (unpaired) electrons. The van der Waals surface area contributed by atoms with E-state index in [1.165, 1.54) is 6.42 Å². The third-order valence-corrected chi connectivity index (χ3v) is 4.21. The van der Waals surface area contributed by atoms with Crippen LogP contribution in [0.3, 0.4) is 0 Å². The summed E-state index contributed by atoms with van der Waals surface area (Å²) in [7, 11) is 5.48. The van der Waals surface area contributed by atoms with E-state index in [2.05, 4.69) is 22.1 Å². The summed E-state index contributed by atoms with van der Waals surface area (Å²) in [5.41, 5.74) is 0.912. The van der Waals surface area contributed by atoms with E-state index < -0.39 is 0 Å². The van der Waals surface area contributed by atoms with Crippen molar-refractivity contribution in [2.45, 2.75) is 18.8 Å². The highest BCUT2D eigenvalue weighted by Crippen LogP contribution is 2.32. The van der Waals surface area contributed by atoms with Crippen LogP contribution in [0.15, 0.2) is 24.5 Å². The van der Waals surface area contributed by atoms with E-state index in [1.54, 1.807) is 20.5 Å². The molecule has 22 heavy (non-hydrogen) atoms. The van der Waals surface area contributed by atoms with E-state index in [-0.39, 0.29) is 0 Å². The van der Waals surface area contributed by atoms with Crippen LogP contribution < -0.4 is 9.47 Å². The molecule has 0 amide bonds. The fourth-order valence-electron chi connectivity index (χ4n) is 3.07. The predicted octanol–water partition coefficient (Wildman–Crippen LogP) is 2.09. The summed E-state index contributed by atoms with van der Waals surface area (Å²) in [5.74, 6) is 2.94. The number of hydrogen-bond acceptors (Lipinski definition) is 5. The molecule has 6 heteroatoms. The van der Waals surface area contributed by atoms with Crippen molar-refractivity contribution in [2.75, 3.05) is 34.4 Å². The molecule has 6 nitrogen and oxygen atoms in total. The maximum atomic E-state index is 5.49. The molecule has 0 saturated carbocycles. The minimum atomic E-state index is 0.386. The number of piperidine rings is 1. The summed E-state index contributed by atoms with van der Waals surface area (Å²) in [6, 6.07) is 5.75. The number of rotatable bonds is 4. The van der Waals surface area contributed by atoms with Crippen LogP contribution in [0.1, 0.15) is 24.6 Å². The molecule has 1 atom stereocenters. The van der Waals surface area contributed by atoms with Crippen LogP contribution in [0.5, 0.6) is 11.5 Å². The highest BCUT2D eigenvalue weighted by atomic mass is 16.5. The van der Waals surface area contributed by atoms with Crippen molar-refractivity contribution in [3.63, 3.8) is 0 Å². The van der Waals surface area contributed by atoms with E-state index in [0.29, 0.717) is 5.92 Å². The Balaban J connectivity index is 2.01. The fourth-order valence-corrected chi connectivity index (χ4v) is 3.07. The molecule has 3 rings (SSSR count). The molecule has 118 valence electrons. The lowest BCUT2D eigenvalue weighted by Crippen LogP contribution is -2.32. The molecule has 1 unspecified atom stereocenters. The minimum absolute atomic E-state index is 0.386. The molecular formula is C16H22N4O2. The average molecular weight is 302 g/mol. The Hall–Kier alpha value is -2.08. The molecule has 1 aliphatic heterocycles. The maximum absolute atomic E-state index is 5.49. The molecule has 0 bridgehead atoms. The van der Waals surface area contributed by atoms with Crippen LogP contribution in [0.25, 0.3) is 5.69 Å². The van der Waals surface area contributed by atoms with Gasteiger partial charge in [-0.15, -0.1) is 10.2 Å². The maximum Gasteiger partial charge on any atom is 0.143 e. The van der Waals surface area contributed by atoms with Crippen molar-refractivity contribution in [3.05, 3.63) is 30.4 Å². The van der Waals surface area contributed by atoms with Crippen LogP contribution in [0, 0.1) is 0 Å².